The van der Waals surface area contributed by atoms with Crippen LogP contribution in [0.25, 0.3) is 0 Å². The highest BCUT2D eigenvalue weighted by Gasteiger charge is 2.44. The fraction of sp³-hybridized carbons (Fsp3) is 0.833. The van der Waals surface area contributed by atoms with Gasteiger partial charge in [0.25, 0.3) is 0 Å². The number of rotatable bonds is 0. The molecule has 1 radical (unpaired) electrons. The highest BCUT2D eigenvalue weighted by atomic mass is 15.0. The first-order chi connectivity index (χ1) is 3.41. The molecule has 1 nitrogen and oxygen atoms in total. The highest BCUT2D eigenvalue weighted by Crippen LogP contribution is 2.41. The van der Waals surface area contributed by atoms with E-state index < -0.39 is 0 Å². The zero-order chi connectivity index (χ0) is 4.74. The van der Waals surface area contributed by atoms with E-state index in [4.69, 9.17) is 0 Å². The minimum atomic E-state index is 0.569. The Morgan fingerprint density at radius 1 is 1.57 bits per heavy atom. The highest BCUT2D eigenvalue weighted by molar-refractivity contribution is 5.20. The third-order valence-corrected chi connectivity index (χ3v) is 1.97. The molecule has 0 aromatic rings. The first-order valence-corrected chi connectivity index (χ1v) is 3.01. The quantitative estimate of drug-likeness (QED) is 0.468. The predicted molar refractivity (Wildman–Crippen MR) is 28.9 cm³/mol. The lowest BCUT2D eigenvalue weighted by molar-refractivity contribution is 0.624. The first-order valence-electron chi connectivity index (χ1n) is 3.01. The third-order valence-electron chi connectivity index (χ3n) is 1.97. The van der Waals surface area contributed by atoms with Gasteiger partial charge in [-0.2, -0.15) is 0 Å². The van der Waals surface area contributed by atoms with Gasteiger partial charge in [0.2, 0.25) is 0 Å². The van der Waals surface area contributed by atoms with Crippen molar-refractivity contribution in [2.75, 3.05) is 6.54 Å². The van der Waals surface area contributed by atoms with Crippen molar-refractivity contribution in [2.45, 2.75) is 24.8 Å². The van der Waals surface area contributed by atoms with E-state index in [9.17, 15) is 0 Å². The largest absolute Gasteiger partial charge is 0.311 e. The van der Waals surface area contributed by atoms with E-state index in [1.807, 2.05) is 0 Å². The van der Waals surface area contributed by atoms with Crippen LogP contribution in [0.4, 0.5) is 0 Å². The van der Waals surface area contributed by atoms with Crippen molar-refractivity contribution in [1.29, 1.82) is 0 Å². The van der Waals surface area contributed by atoms with Crippen LogP contribution in [0.5, 0.6) is 0 Å². The molecule has 0 bridgehead atoms. The molecule has 0 amide bonds. The maximum absolute atomic E-state index is 3.45. The van der Waals surface area contributed by atoms with Gasteiger partial charge in [-0.1, -0.05) is 0 Å². The van der Waals surface area contributed by atoms with E-state index in [-0.39, 0.29) is 0 Å². The molecule has 1 heterocycles. The van der Waals surface area contributed by atoms with Crippen LogP contribution in [-0.4, -0.2) is 12.1 Å². The number of hydrogen-bond donors (Lipinski definition) is 1. The molecule has 1 heteroatoms. The zero-order valence-corrected chi connectivity index (χ0v) is 4.41. The lowest BCUT2D eigenvalue weighted by Crippen LogP contribution is -2.22. The molecule has 1 aliphatic heterocycles. The Bertz CT molecular complexity index is 76.2. The Labute approximate surface area is 44.1 Å². The van der Waals surface area contributed by atoms with Crippen molar-refractivity contribution in [1.82, 2.24) is 5.32 Å². The maximum atomic E-state index is 3.45. The topological polar surface area (TPSA) is 12.0 Å². The van der Waals surface area contributed by atoms with Gasteiger partial charge >= 0.3 is 0 Å². The second-order valence-electron chi connectivity index (χ2n) is 2.59. The Morgan fingerprint density at radius 2 is 2.43 bits per heavy atom. The summed E-state index contributed by atoms with van der Waals surface area (Å²) in [4.78, 5) is 0. The molecule has 1 saturated heterocycles. The molecule has 39 valence electrons. The summed E-state index contributed by atoms with van der Waals surface area (Å²) in [6.07, 6.45) is 6.48. The van der Waals surface area contributed by atoms with Crippen LogP contribution in [-0.2, 0) is 0 Å². The van der Waals surface area contributed by atoms with E-state index in [0.29, 0.717) is 5.54 Å². The summed E-state index contributed by atoms with van der Waals surface area (Å²) < 4.78 is 0. The monoisotopic (exact) mass is 96.1 g/mol. The van der Waals surface area contributed by atoms with Crippen LogP contribution in [0.2, 0.25) is 0 Å². The van der Waals surface area contributed by atoms with Crippen molar-refractivity contribution in [3.05, 3.63) is 6.42 Å². The van der Waals surface area contributed by atoms with Gasteiger partial charge in [0.15, 0.2) is 0 Å². The summed E-state index contributed by atoms with van der Waals surface area (Å²) in [6, 6.07) is 0. The molecule has 2 rings (SSSR count). The molecule has 1 spiro atoms. The average molecular weight is 96.2 g/mol. The van der Waals surface area contributed by atoms with Gasteiger partial charge in [-0.15, -0.1) is 0 Å². The van der Waals surface area contributed by atoms with Crippen molar-refractivity contribution in [3.8, 4) is 0 Å². The van der Waals surface area contributed by atoms with Crippen LogP contribution in [0.3, 0.4) is 0 Å². The van der Waals surface area contributed by atoms with Gasteiger partial charge in [0.1, 0.15) is 0 Å². The lowest BCUT2D eigenvalue weighted by Gasteiger charge is -2.00. The Balaban J connectivity index is 2.07. The molecule has 1 aliphatic carbocycles. The normalized spacial score (nSPS) is 34.3. The number of hydrogen-bond acceptors (Lipinski definition) is 1. The van der Waals surface area contributed by atoms with Crippen LogP contribution in [0, 0.1) is 6.42 Å². The SMILES string of the molecule is [CH]1CC12CCCN2. The summed E-state index contributed by atoms with van der Waals surface area (Å²) in [7, 11) is 0. The minimum absolute atomic E-state index is 0.569. The van der Waals surface area contributed by atoms with E-state index in [0.717, 1.165) is 0 Å². The predicted octanol–water partition coefficient (Wildman–Crippen LogP) is 0.717. The molecule has 1 saturated carbocycles. The summed E-state index contributed by atoms with van der Waals surface area (Å²) in [5, 5.41) is 3.45. The minimum Gasteiger partial charge on any atom is -0.311 e. The Hall–Kier alpha value is -0.0400. The van der Waals surface area contributed by atoms with Crippen molar-refractivity contribution in [2.24, 2.45) is 0 Å². The first kappa shape index (κ1) is 3.90. The summed E-state index contributed by atoms with van der Waals surface area (Å²) >= 11 is 0. The average Bonchev–Trinajstić information content (AvgIpc) is 2.15. The molecule has 1 N–H and O–H groups in total. The lowest BCUT2D eigenvalue weighted by atomic mass is 10.2. The summed E-state index contributed by atoms with van der Waals surface area (Å²) in [5.74, 6) is 0. The molecule has 7 heavy (non-hydrogen) atoms. The maximum Gasteiger partial charge on any atom is 0.0217 e. The van der Waals surface area contributed by atoms with Crippen molar-refractivity contribution in [3.63, 3.8) is 0 Å². The Kier molecular flexibility index (Phi) is 0.571. The van der Waals surface area contributed by atoms with Gasteiger partial charge in [-0.3, -0.25) is 0 Å². The van der Waals surface area contributed by atoms with E-state index in [2.05, 4.69) is 11.7 Å². The van der Waals surface area contributed by atoms with Crippen LogP contribution in [0.15, 0.2) is 0 Å². The fourth-order valence-corrected chi connectivity index (χ4v) is 1.30. The van der Waals surface area contributed by atoms with Gasteiger partial charge in [-0.05, 0) is 32.2 Å². The molecular formula is C6H10N. The molecule has 0 aromatic carbocycles. The van der Waals surface area contributed by atoms with Gasteiger partial charge in [0.05, 0.1) is 0 Å². The standard InChI is InChI=1S/C6H10N/c1-2-6(3-4-6)7-5-1/h3,7H,1-2,4-5H2. The molecule has 2 aliphatic rings. The molecule has 0 aromatic heterocycles. The fourth-order valence-electron chi connectivity index (χ4n) is 1.30. The van der Waals surface area contributed by atoms with Crippen LogP contribution in [0.1, 0.15) is 19.3 Å². The third kappa shape index (κ3) is 0.480. The smallest absolute Gasteiger partial charge is 0.0217 e. The molecule has 1 unspecified atom stereocenters. The van der Waals surface area contributed by atoms with Crippen molar-refractivity contribution < 1.29 is 0 Å². The molecular weight excluding hydrogens is 86.1 g/mol. The zero-order valence-electron chi connectivity index (χ0n) is 4.41. The van der Waals surface area contributed by atoms with E-state index in [1.54, 1.807) is 0 Å². The van der Waals surface area contributed by atoms with Crippen molar-refractivity contribution >= 4 is 0 Å². The van der Waals surface area contributed by atoms with Gasteiger partial charge in [-0.25, -0.2) is 0 Å². The summed E-state index contributed by atoms with van der Waals surface area (Å²) in [6.45, 7) is 1.25. The molecule has 1 atom stereocenters. The second-order valence-corrected chi connectivity index (χ2v) is 2.59. The van der Waals surface area contributed by atoms with Gasteiger partial charge < -0.3 is 5.32 Å². The number of nitrogens with one attached hydrogen (secondary N) is 1. The van der Waals surface area contributed by atoms with Crippen LogP contribution >= 0.6 is 0 Å². The Morgan fingerprint density at radius 3 is 2.71 bits per heavy atom. The summed E-state index contributed by atoms with van der Waals surface area (Å²) in [5.41, 5.74) is 0.569. The van der Waals surface area contributed by atoms with E-state index in [1.165, 1.54) is 25.8 Å². The van der Waals surface area contributed by atoms with Gasteiger partial charge in [0, 0.05) is 5.54 Å². The van der Waals surface area contributed by atoms with Crippen LogP contribution < -0.4 is 5.32 Å². The second kappa shape index (κ2) is 1.03. The molecule has 2 fully saturated rings. The van der Waals surface area contributed by atoms with E-state index >= 15 is 0 Å².